The number of aliphatic hydroxyl groups excluding tert-OH is 1. The molecule has 0 heterocycles. The summed E-state index contributed by atoms with van der Waals surface area (Å²) in [5.74, 6) is -0.202. The van der Waals surface area contributed by atoms with Gasteiger partial charge in [-0.05, 0) is 12.3 Å². The molecule has 4 nitrogen and oxygen atoms in total. The van der Waals surface area contributed by atoms with Crippen LogP contribution in [0.4, 0.5) is 0 Å². The van der Waals surface area contributed by atoms with Gasteiger partial charge in [-0.1, -0.05) is 33.1 Å². The molecule has 0 aliphatic rings. The predicted octanol–water partition coefficient (Wildman–Crippen LogP) is 1.07. The van der Waals surface area contributed by atoms with Gasteiger partial charge < -0.3 is 15.6 Å². The molecule has 0 rings (SSSR count). The van der Waals surface area contributed by atoms with E-state index < -0.39 is 12.1 Å². The predicted molar refractivity (Wildman–Crippen MR) is 59.3 cm³/mol. The first-order chi connectivity index (χ1) is 7.15. The third-order valence-corrected chi connectivity index (χ3v) is 2.50. The molecule has 0 fully saturated rings. The maximum Gasteiger partial charge on any atom is 0.336 e. The van der Waals surface area contributed by atoms with Crippen LogP contribution < -0.4 is 5.73 Å². The van der Waals surface area contributed by atoms with Gasteiger partial charge in [0.05, 0.1) is 6.61 Å². The molecule has 0 aliphatic carbocycles. The molecule has 0 spiro atoms. The highest BCUT2D eigenvalue weighted by Gasteiger charge is 2.16. The number of ether oxygens (including phenoxy) is 1. The summed E-state index contributed by atoms with van der Waals surface area (Å²) in [6.45, 7) is 4.53. The van der Waals surface area contributed by atoms with Crippen molar-refractivity contribution in [3.8, 4) is 0 Å². The Kier molecular flexibility index (Phi) is 8.33. The minimum Gasteiger partial charge on any atom is -0.463 e. The van der Waals surface area contributed by atoms with E-state index in [1.807, 2.05) is 0 Å². The van der Waals surface area contributed by atoms with Crippen LogP contribution in [0.3, 0.4) is 0 Å². The van der Waals surface area contributed by atoms with Gasteiger partial charge in [0.1, 0.15) is 0 Å². The van der Waals surface area contributed by atoms with E-state index in [9.17, 15) is 4.79 Å². The molecule has 3 N–H and O–H groups in total. The largest absolute Gasteiger partial charge is 0.463 e. The Balaban J connectivity index is 3.74. The van der Waals surface area contributed by atoms with E-state index >= 15 is 0 Å². The Morgan fingerprint density at radius 2 is 2.13 bits per heavy atom. The SMILES string of the molecule is CCCCC(CC)COC(=O)C(O)CN. The van der Waals surface area contributed by atoms with Crippen molar-refractivity contribution in [3.63, 3.8) is 0 Å². The number of aliphatic hydroxyl groups is 1. The molecule has 0 aromatic rings. The lowest BCUT2D eigenvalue weighted by Gasteiger charge is -2.15. The lowest BCUT2D eigenvalue weighted by atomic mass is 10.0. The van der Waals surface area contributed by atoms with E-state index in [1.54, 1.807) is 0 Å². The fourth-order valence-corrected chi connectivity index (χ4v) is 1.29. The van der Waals surface area contributed by atoms with E-state index in [2.05, 4.69) is 13.8 Å². The van der Waals surface area contributed by atoms with Crippen LogP contribution in [-0.2, 0) is 9.53 Å². The molecule has 0 saturated heterocycles. The number of hydrogen-bond acceptors (Lipinski definition) is 4. The third-order valence-electron chi connectivity index (χ3n) is 2.50. The number of rotatable bonds is 8. The Bertz CT molecular complexity index is 173. The molecular formula is C11H23NO3. The van der Waals surface area contributed by atoms with Gasteiger partial charge >= 0.3 is 5.97 Å². The van der Waals surface area contributed by atoms with Crippen LogP contribution in [0.5, 0.6) is 0 Å². The number of esters is 1. The van der Waals surface area contributed by atoms with Gasteiger partial charge in [-0.3, -0.25) is 0 Å². The highest BCUT2D eigenvalue weighted by Crippen LogP contribution is 2.12. The van der Waals surface area contributed by atoms with Crippen molar-refractivity contribution >= 4 is 5.97 Å². The van der Waals surface area contributed by atoms with Crippen LogP contribution in [-0.4, -0.2) is 30.3 Å². The second-order valence-corrected chi connectivity index (χ2v) is 3.80. The zero-order chi connectivity index (χ0) is 11.7. The first kappa shape index (κ1) is 14.4. The molecule has 0 radical (unpaired) electrons. The van der Waals surface area contributed by atoms with Crippen LogP contribution in [0.2, 0.25) is 0 Å². The number of hydrogen-bond donors (Lipinski definition) is 2. The van der Waals surface area contributed by atoms with Crippen molar-refractivity contribution in [1.29, 1.82) is 0 Å². The Hall–Kier alpha value is -0.610. The smallest absolute Gasteiger partial charge is 0.336 e. The summed E-state index contributed by atoms with van der Waals surface area (Å²) < 4.78 is 4.98. The van der Waals surface area contributed by atoms with Crippen molar-refractivity contribution in [2.75, 3.05) is 13.2 Å². The first-order valence-corrected chi connectivity index (χ1v) is 5.70. The molecule has 2 unspecified atom stereocenters. The summed E-state index contributed by atoms with van der Waals surface area (Å²) >= 11 is 0. The summed E-state index contributed by atoms with van der Waals surface area (Å²) in [6.07, 6.45) is 3.18. The van der Waals surface area contributed by atoms with Crippen LogP contribution in [0.1, 0.15) is 39.5 Å². The first-order valence-electron chi connectivity index (χ1n) is 5.70. The monoisotopic (exact) mass is 217 g/mol. The Morgan fingerprint density at radius 1 is 1.47 bits per heavy atom. The number of carbonyl (C=O) groups is 1. The van der Waals surface area contributed by atoms with E-state index in [0.29, 0.717) is 12.5 Å². The quantitative estimate of drug-likeness (QED) is 0.596. The van der Waals surface area contributed by atoms with E-state index in [4.69, 9.17) is 15.6 Å². The maximum atomic E-state index is 11.1. The highest BCUT2D eigenvalue weighted by molar-refractivity contribution is 5.74. The van der Waals surface area contributed by atoms with Gasteiger partial charge in [0.2, 0.25) is 0 Å². The zero-order valence-corrected chi connectivity index (χ0v) is 9.74. The molecule has 0 aromatic heterocycles. The summed E-state index contributed by atoms with van der Waals surface area (Å²) in [4.78, 5) is 11.1. The zero-order valence-electron chi connectivity index (χ0n) is 9.74. The standard InChI is InChI=1S/C11H23NO3/c1-3-5-6-9(4-2)8-15-11(14)10(13)7-12/h9-10,13H,3-8,12H2,1-2H3. The summed E-state index contributed by atoms with van der Waals surface area (Å²) in [5.41, 5.74) is 5.14. The van der Waals surface area contributed by atoms with Gasteiger partial charge in [0, 0.05) is 6.54 Å². The van der Waals surface area contributed by atoms with Gasteiger partial charge in [0.15, 0.2) is 6.10 Å². The fraction of sp³-hybridized carbons (Fsp3) is 0.909. The van der Waals surface area contributed by atoms with Crippen molar-refractivity contribution in [3.05, 3.63) is 0 Å². The minimum atomic E-state index is -1.17. The van der Waals surface area contributed by atoms with Gasteiger partial charge in [-0.25, -0.2) is 4.79 Å². The van der Waals surface area contributed by atoms with Gasteiger partial charge in [-0.2, -0.15) is 0 Å². The van der Waals surface area contributed by atoms with E-state index in [-0.39, 0.29) is 6.54 Å². The van der Waals surface area contributed by atoms with Gasteiger partial charge in [0.25, 0.3) is 0 Å². The third kappa shape index (κ3) is 6.47. The summed E-state index contributed by atoms with van der Waals surface area (Å²) in [5, 5.41) is 9.09. The highest BCUT2D eigenvalue weighted by atomic mass is 16.5. The summed E-state index contributed by atoms with van der Waals surface area (Å²) in [6, 6.07) is 0. The molecule has 90 valence electrons. The second-order valence-electron chi connectivity index (χ2n) is 3.80. The molecule has 0 aromatic carbocycles. The van der Waals surface area contributed by atoms with Crippen molar-refractivity contribution in [2.45, 2.75) is 45.6 Å². The van der Waals surface area contributed by atoms with Crippen LogP contribution in [0.25, 0.3) is 0 Å². The Labute approximate surface area is 91.8 Å². The molecule has 0 aliphatic heterocycles. The lowest BCUT2D eigenvalue weighted by molar-refractivity contribution is -0.154. The number of carbonyl (C=O) groups excluding carboxylic acids is 1. The van der Waals surface area contributed by atoms with Crippen LogP contribution in [0, 0.1) is 5.92 Å². The second kappa shape index (κ2) is 8.68. The van der Waals surface area contributed by atoms with Crippen molar-refractivity contribution in [1.82, 2.24) is 0 Å². The molecule has 0 amide bonds. The van der Waals surface area contributed by atoms with Crippen LogP contribution in [0.15, 0.2) is 0 Å². The number of unbranched alkanes of at least 4 members (excludes halogenated alkanes) is 1. The average molecular weight is 217 g/mol. The summed E-state index contributed by atoms with van der Waals surface area (Å²) in [7, 11) is 0. The lowest BCUT2D eigenvalue weighted by Crippen LogP contribution is -2.32. The van der Waals surface area contributed by atoms with E-state index in [1.165, 1.54) is 0 Å². The Morgan fingerprint density at radius 3 is 2.60 bits per heavy atom. The number of nitrogens with two attached hydrogens (primary N) is 1. The van der Waals surface area contributed by atoms with Gasteiger partial charge in [-0.15, -0.1) is 0 Å². The molecule has 15 heavy (non-hydrogen) atoms. The molecule has 0 bridgehead atoms. The minimum absolute atomic E-state index is 0.0788. The maximum absolute atomic E-state index is 11.1. The molecule has 4 heteroatoms. The molecule has 0 saturated carbocycles. The average Bonchev–Trinajstić information content (AvgIpc) is 2.27. The fourth-order valence-electron chi connectivity index (χ4n) is 1.29. The van der Waals surface area contributed by atoms with Crippen LogP contribution >= 0.6 is 0 Å². The molecule has 2 atom stereocenters. The topological polar surface area (TPSA) is 72.5 Å². The van der Waals surface area contributed by atoms with E-state index in [0.717, 1.165) is 25.7 Å². The van der Waals surface area contributed by atoms with Crippen molar-refractivity contribution in [2.24, 2.45) is 11.7 Å². The van der Waals surface area contributed by atoms with Crippen molar-refractivity contribution < 1.29 is 14.6 Å². The normalized spacial score (nSPS) is 14.7. The molecular weight excluding hydrogens is 194 g/mol.